The largest absolute Gasteiger partial charge is 0.376 e. The first-order valence-corrected chi connectivity index (χ1v) is 8.22. The molecule has 0 bridgehead atoms. The van der Waals surface area contributed by atoms with E-state index in [-0.39, 0.29) is 12.5 Å². The maximum Gasteiger partial charge on any atom is 0.259 e. The molecule has 0 aliphatic rings. The first-order chi connectivity index (χ1) is 12.1. The fourth-order valence-electron chi connectivity index (χ4n) is 2.78. The van der Waals surface area contributed by atoms with E-state index in [0.29, 0.717) is 0 Å². The van der Waals surface area contributed by atoms with Crippen LogP contribution < -0.4 is 10.7 Å². The van der Waals surface area contributed by atoms with Crippen LogP contribution in [0.5, 0.6) is 0 Å². The average molecular weight is 334 g/mol. The first-order valence-electron chi connectivity index (χ1n) is 8.22. The highest BCUT2D eigenvalue weighted by Gasteiger charge is 2.09. The van der Waals surface area contributed by atoms with Gasteiger partial charge in [0.2, 0.25) is 0 Å². The van der Waals surface area contributed by atoms with E-state index >= 15 is 0 Å². The van der Waals surface area contributed by atoms with Crippen molar-refractivity contribution in [1.82, 2.24) is 9.99 Å². The Morgan fingerprint density at radius 3 is 2.60 bits per heavy atom. The SMILES string of the molecule is Cc1ccc(NCC(=O)N/N=C/c2c(C)n(C)c3ccccc23)cc1. The van der Waals surface area contributed by atoms with Crippen LogP contribution in [0.1, 0.15) is 16.8 Å². The Morgan fingerprint density at radius 2 is 1.84 bits per heavy atom. The highest BCUT2D eigenvalue weighted by atomic mass is 16.2. The minimum absolute atomic E-state index is 0.176. The number of hydrogen-bond donors (Lipinski definition) is 2. The molecule has 5 nitrogen and oxygen atoms in total. The Kier molecular flexibility index (Phi) is 4.84. The smallest absolute Gasteiger partial charge is 0.259 e. The Morgan fingerprint density at radius 1 is 1.12 bits per heavy atom. The first kappa shape index (κ1) is 16.8. The minimum atomic E-state index is -0.185. The number of anilines is 1. The van der Waals surface area contributed by atoms with Crippen molar-refractivity contribution in [1.29, 1.82) is 0 Å². The molecule has 0 fully saturated rings. The van der Waals surface area contributed by atoms with Crippen LogP contribution in [0.25, 0.3) is 10.9 Å². The molecule has 0 spiro atoms. The lowest BCUT2D eigenvalue weighted by molar-refractivity contribution is -0.119. The maximum absolute atomic E-state index is 11.9. The summed E-state index contributed by atoms with van der Waals surface area (Å²) in [4.78, 5) is 11.9. The number of benzene rings is 2. The Bertz CT molecular complexity index is 923. The molecule has 0 saturated carbocycles. The van der Waals surface area contributed by atoms with E-state index in [9.17, 15) is 4.79 Å². The summed E-state index contributed by atoms with van der Waals surface area (Å²) in [6, 6.07) is 16.1. The predicted octanol–water partition coefficient (Wildman–Crippen LogP) is 3.36. The number of aromatic nitrogens is 1. The van der Waals surface area contributed by atoms with Crippen LogP contribution in [0.4, 0.5) is 5.69 Å². The van der Waals surface area contributed by atoms with Gasteiger partial charge in [-0.05, 0) is 32.0 Å². The Labute approximate surface area is 147 Å². The van der Waals surface area contributed by atoms with Gasteiger partial charge in [-0.15, -0.1) is 0 Å². The Hall–Kier alpha value is -3.08. The number of carbonyl (C=O) groups is 1. The number of amides is 1. The van der Waals surface area contributed by atoms with Crippen LogP contribution in [0.15, 0.2) is 53.6 Å². The number of aryl methyl sites for hydroxylation is 2. The van der Waals surface area contributed by atoms with Gasteiger partial charge < -0.3 is 9.88 Å². The zero-order valence-electron chi connectivity index (χ0n) is 14.7. The van der Waals surface area contributed by atoms with Gasteiger partial charge in [0.1, 0.15) is 0 Å². The summed E-state index contributed by atoms with van der Waals surface area (Å²) < 4.78 is 2.12. The van der Waals surface area contributed by atoms with Crippen molar-refractivity contribution in [3.8, 4) is 0 Å². The number of nitrogens with zero attached hydrogens (tertiary/aromatic N) is 2. The molecule has 2 N–H and O–H groups in total. The minimum Gasteiger partial charge on any atom is -0.376 e. The molecule has 128 valence electrons. The van der Waals surface area contributed by atoms with Crippen LogP contribution in [0.2, 0.25) is 0 Å². The molecule has 0 aliphatic carbocycles. The van der Waals surface area contributed by atoms with Gasteiger partial charge in [-0.2, -0.15) is 5.10 Å². The number of para-hydroxylation sites is 1. The molecule has 1 aromatic heterocycles. The van der Waals surface area contributed by atoms with Crippen molar-refractivity contribution in [2.45, 2.75) is 13.8 Å². The summed E-state index contributed by atoms with van der Waals surface area (Å²) in [5.41, 5.74) is 7.94. The summed E-state index contributed by atoms with van der Waals surface area (Å²) in [6.45, 7) is 4.25. The molecule has 3 aromatic rings. The van der Waals surface area contributed by atoms with Gasteiger partial charge in [-0.1, -0.05) is 35.9 Å². The molecule has 0 saturated heterocycles. The van der Waals surface area contributed by atoms with Gasteiger partial charge in [-0.3, -0.25) is 4.79 Å². The molecule has 1 heterocycles. The molecule has 25 heavy (non-hydrogen) atoms. The monoisotopic (exact) mass is 334 g/mol. The fourth-order valence-corrected chi connectivity index (χ4v) is 2.78. The highest BCUT2D eigenvalue weighted by Crippen LogP contribution is 2.22. The van der Waals surface area contributed by atoms with E-state index in [0.717, 1.165) is 27.8 Å². The lowest BCUT2D eigenvalue weighted by Gasteiger charge is -2.05. The van der Waals surface area contributed by atoms with Crippen molar-refractivity contribution in [3.05, 3.63) is 65.4 Å². The van der Waals surface area contributed by atoms with Gasteiger partial charge in [0.25, 0.3) is 5.91 Å². The van der Waals surface area contributed by atoms with E-state index in [1.54, 1.807) is 6.21 Å². The van der Waals surface area contributed by atoms with Gasteiger partial charge in [0, 0.05) is 34.9 Å². The van der Waals surface area contributed by atoms with Crippen molar-refractivity contribution in [2.24, 2.45) is 12.1 Å². The predicted molar refractivity (Wildman–Crippen MR) is 103 cm³/mol. The van der Waals surface area contributed by atoms with Crippen molar-refractivity contribution < 1.29 is 4.79 Å². The third-order valence-electron chi connectivity index (χ3n) is 4.34. The number of carbonyl (C=O) groups excluding carboxylic acids is 1. The van der Waals surface area contributed by atoms with Crippen molar-refractivity contribution >= 4 is 28.7 Å². The quantitative estimate of drug-likeness (QED) is 0.555. The molecule has 0 atom stereocenters. The number of nitrogens with one attached hydrogen (secondary N) is 2. The second-order valence-corrected chi connectivity index (χ2v) is 6.09. The number of fused-ring (bicyclic) bond motifs is 1. The molecule has 0 radical (unpaired) electrons. The van der Waals surface area contributed by atoms with Crippen molar-refractivity contribution in [3.63, 3.8) is 0 Å². The summed E-state index contributed by atoms with van der Waals surface area (Å²) in [7, 11) is 2.03. The Balaban J connectivity index is 1.62. The van der Waals surface area contributed by atoms with E-state index in [1.807, 2.05) is 57.3 Å². The van der Waals surface area contributed by atoms with Crippen molar-refractivity contribution in [2.75, 3.05) is 11.9 Å². The van der Waals surface area contributed by atoms with Crippen LogP contribution >= 0.6 is 0 Å². The number of hydrazone groups is 1. The maximum atomic E-state index is 11.9. The lowest BCUT2D eigenvalue weighted by atomic mass is 10.1. The molecule has 3 rings (SSSR count). The second kappa shape index (κ2) is 7.21. The third kappa shape index (κ3) is 3.71. The number of rotatable bonds is 5. The van der Waals surface area contributed by atoms with Gasteiger partial charge in [0.15, 0.2) is 0 Å². The molecule has 0 aliphatic heterocycles. The lowest BCUT2D eigenvalue weighted by Crippen LogP contribution is -2.25. The molecular weight excluding hydrogens is 312 g/mol. The van der Waals surface area contributed by atoms with E-state index in [4.69, 9.17) is 0 Å². The summed E-state index contributed by atoms with van der Waals surface area (Å²) in [5, 5.41) is 8.31. The molecule has 2 aromatic carbocycles. The third-order valence-corrected chi connectivity index (χ3v) is 4.34. The fraction of sp³-hybridized carbons (Fsp3) is 0.200. The zero-order chi connectivity index (χ0) is 17.8. The summed E-state index contributed by atoms with van der Waals surface area (Å²) in [6.07, 6.45) is 1.71. The van der Waals surface area contributed by atoms with Crippen LogP contribution in [-0.2, 0) is 11.8 Å². The van der Waals surface area contributed by atoms with E-state index in [2.05, 4.69) is 32.5 Å². The van der Waals surface area contributed by atoms with Gasteiger partial charge >= 0.3 is 0 Å². The van der Waals surface area contributed by atoms with Gasteiger partial charge in [0.05, 0.1) is 12.8 Å². The summed E-state index contributed by atoms with van der Waals surface area (Å²) >= 11 is 0. The topological polar surface area (TPSA) is 58.4 Å². The normalized spacial score (nSPS) is 11.2. The molecule has 5 heteroatoms. The molecular formula is C20H22N4O. The average Bonchev–Trinajstić information content (AvgIpc) is 2.86. The van der Waals surface area contributed by atoms with Crippen LogP contribution in [-0.4, -0.2) is 23.2 Å². The zero-order valence-corrected chi connectivity index (χ0v) is 14.7. The van der Waals surface area contributed by atoms with Gasteiger partial charge in [-0.25, -0.2) is 5.43 Å². The standard InChI is InChI=1S/C20H22N4O/c1-14-8-10-16(11-9-14)21-13-20(25)23-22-12-18-15(2)24(3)19-7-5-4-6-17(18)19/h4-12,21H,13H2,1-3H3,(H,23,25)/b22-12+. The molecule has 0 unspecified atom stereocenters. The van der Waals surface area contributed by atoms with Crippen LogP contribution in [0, 0.1) is 13.8 Å². The molecule has 1 amide bonds. The van der Waals surface area contributed by atoms with E-state index < -0.39 is 0 Å². The summed E-state index contributed by atoms with van der Waals surface area (Å²) in [5.74, 6) is -0.185. The van der Waals surface area contributed by atoms with Crippen LogP contribution in [0.3, 0.4) is 0 Å². The number of hydrogen-bond acceptors (Lipinski definition) is 3. The highest BCUT2D eigenvalue weighted by molar-refractivity contribution is 6.01. The second-order valence-electron chi connectivity index (χ2n) is 6.09. The van der Waals surface area contributed by atoms with E-state index in [1.165, 1.54) is 5.56 Å².